The van der Waals surface area contributed by atoms with E-state index < -0.39 is 0 Å². The molecular formula is C17H33N3O2. The Morgan fingerprint density at radius 1 is 1.27 bits per heavy atom. The summed E-state index contributed by atoms with van der Waals surface area (Å²) in [6.07, 6.45) is 4.01. The molecule has 1 aliphatic rings. The normalized spacial score (nSPS) is 24.7. The third-order valence-electron chi connectivity index (χ3n) is 4.67. The molecule has 2 amide bonds. The molecule has 128 valence electrons. The SMILES string of the molecule is CCC[C@H](C)NC(=O)[C@H](C)N[C@@H]1CCN(C(C)=O)C[C@H]1CC. The molecule has 1 saturated heterocycles. The topological polar surface area (TPSA) is 61.4 Å². The minimum absolute atomic E-state index is 0.0739. The van der Waals surface area contributed by atoms with Gasteiger partial charge in [0.25, 0.3) is 0 Å². The van der Waals surface area contributed by atoms with Gasteiger partial charge in [-0.15, -0.1) is 0 Å². The zero-order valence-electron chi connectivity index (χ0n) is 14.8. The number of carbonyl (C=O) groups is 2. The molecule has 0 radical (unpaired) electrons. The number of carbonyl (C=O) groups excluding carboxylic acids is 2. The van der Waals surface area contributed by atoms with E-state index in [1.807, 2.05) is 18.7 Å². The molecule has 2 N–H and O–H groups in total. The summed E-state index contributed by atoms with van der Waals surface area (Å²) < 4.78 is 0. The lowest BCUT2D eigenvalue weighted by Gasteiger charge is -2.39. The Kier molecular flexibility index (Phi) is 7.87. The second kappa shape index (κ2) is 9.13. The van der Waals surface area contributed by atoms with Gasteiger partial charge in [0.2, 0.25) is 11.8 Å². The summed E-state index contributed by atoms with van der Waals surface area (Å²) in [6.45, 7) is 11.5. The number of rotatable bonds is 7. The lowest BCUT2D eigenvalue weighted by molar-refractivity contribution is -0.131. The predicted octanol–water partition coefficient (Wildman–Crippen LogP) is 1.92. The van der Waals surface area contributed by atoms with Crippen molar-refractivity contribution < 1.29 is 9.59 Å². The largest absolute Gasteiger partial charge is 0.352 e. The highest BCUT2D eigenvalue weighted by atomic mass is 16.2. The lowest BCUT2D eigenvalue weighted by atomic mass is 9.89. The van der Waals surface area contributed by atoms with Gasteiger partial charge in [-0.05, 0) is 32.6 Å². The lowest BCUT2D eigenvalue weighted by Crippen LogP contribution is -2.55. The average molecular weight is 311 g/mol. The zero-order valence-corrected chi connectivity index (χ0v) is 14.8. The fourth-order valence-corrected chi connectivity index (χ4v) is 3.22. The fourth-order valence-electron chi connectivity index (χ4n) is 3.22. The Bertz CT molecular complexity index is 373. The summed E-state index contributed by atoms with van der Waals surface area (Å²) in [5, 5.41) is 6.54. The van der Waals surface area contributed by atoms with Gasteiger partial charge in [-0.3, -0.25) is 9.59 Å². The number of piperidine rings is 1. The molecule has 4 atom stereocenters. The predicted molar refractivity (Wildman–Crippen MR) is 89.6 cm³/mol. The number of hydrogen-bond donors (Lipinski definition) is 2. The first-order valence-corrected chi connectivity index (χ1v) is 8.70. The van der Waals surface area contributed by atoms with Gasteiger partial charge in [-0.25, -0.2) is 0 Å². The highest BCUT2D eigenvalue weighted by Gasteiger charge is 2.31. The second-order valence-electron chi connectivity index (χ2n) is 6.62. The van der Waals surface area contributed by atoms with Crippen molar-refractivity contribution in [3.63, 3.8) is 0 Å². The Morgan fingerprint density at radius 2 is 1.95 bits per heavy atom. The van der Waals surface area contributed by atoms with E-state index in [0.717, 1.165) is 38.8 Å². The van der Waals surface area contributed by atoms with Gasteiger partial charge >= 0.3 is 0 Å². The van der Waals surface area contributed by atoms with E-state index in [1.54, 1.807) is 6.92 Å². The maximum absolute atomic E-state index is 12.2. The van der Waals surface area contributed by atoms with Crippen LogP contribution in [0.1, 0.15) is 60.3 Å². The number of amides is 2. The van der Waals surface area contributed by atoms with Crippen LogP contribution in [0.5, 0.6) is 0 Å². The Morgan fingerprint density at radius 3 is 2.50 bits per heavy atom. The summed E-state index contributed by atoms with van der Waals surface area (Å²) in [6, 6.07) is 0.341. The number of nitrogens with one attached hydrogen (secondary N) is 2. The van der Waals surface area contributed by atoms with E-state index in [2.05, 4.69) is 24.5 Å². The summed E-state index contributed by atoms with van der Waals surface area (Å²) in [4.78, 5) is 25.7. The molecule has 1 rings (SSSR count). The maximum Gasteiger partial charge on any atom is 0.237 e. The first kappa shape index (κ1) is 18.9. The molecule has 22 heavy (non-hydrogen) atoms. The van der Waals surface area contributed by atoms with Crippen LogP contribution in [-0.2, 0) is 9.59 Å². The smallest absolute Gasteiger partial charge is 0.237 e. The Balaban J connectivity index is 2.50. The van der Waals surface area contributed by atoms with Crippen LogP contribution in [0.25, 0.3) is 0 Å². The summed E-state index contributed by atoms with van der Waals surface area (Å²) in [7, 11) is 0. The van der Waals surface area contributed by atoms with E-state index in [9.17, 15) is 9.59 Å². The molecule has 5 heteroatoms. The maximum atomic E-state index is 12.2. The molecule has 0 aromatic carbocycles. The highest BCUT2D eigenvalue weighted by Crippen LogP contribution is 2.20. The molecule has 1 fully saturated rings. The van der Waals surface area contributed by atoms with Gasteiger partial charge in [0.05, 0.1) is 6.04 Å². The van der Waals surface area contributed by atoms with Crippen LogP contribution < -0.4 is 10.6 Å². The van der Waals surface area contributed by atoms with Gasteiger partial charge < -0.3 is 15.5 Å². The summed E-state index contributed by atoms with van der Waals surface area (Å²) >= 11 is 0. The third kappa shape index (κ3) is 5.59. The van der Waals surface area contributed by atoms with Gasteiger partial charge in [-0.1, -0.05) is 26.7 Å². The van der Waals surface area contributed by atoms with Crippen molar-refractivity contribution in [1.82, 2.24) is 15.5 Å². The number of likely N-dealkylation sites (tertiary alicyclic amines) is 1. The van der Waals surface area contributed by atoms with Crippen molar-refractivity contribution in [3.8, 4) is 0 Å². The monoisotopic (exact) mass is 311 g/mol. The second-order valence-corrected chi connectivity index (χ2v) is 6.62. The molecule has 5 nitrogen and oxygen atoms in total. The average Bonchev–Trinajstić information content (AvgIpc) is 2.47. The van der Waals surface area contributed by atoms with Gasteiger partial charge in [-0.2, -0.15) is 0 Å². The van der Waals surface area contributed by atoms with Crippen LogP contribution in [0.15, 0.2) is 0 Å². The van der Waals surface area contributed by atoms with Crippen LogP contribution in [0.3, 0.4) is 0 Å². The zero-order chi connectivity index (χ0) is 16.7. The third-order valence-corrected chi connectivity index (χ3v) is 4.67. The van der Waals surface area contributed by atoms with E-state index in [1.165, 1.54) is 0 Å². The van der Waals surface area contributed by atoms with E-state index in [4.69, 9.17) is 0 Å². The fraction of sp³-hybridized carbons (Fsp3) is 0.882. The molecule has 1 aliphatic heterocycles. The van der Waals surface area contributed by atoms with Crippen molar-refractivity contribution in [2.45, 2.75) is 78.4 Å². The van der Waals surface area contributed by atoms with E-state index >= 15 is 0 Å². The summed E-state index contributed by atoms with van der Waals surface area (Å²) in [5.41, 5.74) is 0. The minimum atomic E-state index is -0.192. The van der Waals surface area contributed by atoms with E-state index in [0.29, 0.717) is 12.0 Å². The molecule has 0 spiro atoms. The molecule has 0 aromatic rings. The van der Waals surface area contributed by atoms with Gasteiger partial charge in [0, 0.05) is 32.1 Å². The van der Waals surface area contributed by atoms with Crippen molar-refractivity contribution in [2.75, 3.05) is 13.1 Å². The molecule has 0 bridgehead atoms. The minimum Gasteiger partial charge on any atom is -0.352 e. The quantitative estimate of drug-likeness (QED) is 0.755. The molecule has 0 unspecified atom stereocenters. The van der Waals surface area contributed by atoms with Crippen LogP contribution in [0.2, 0.25) is 0 Å². The highest BCUT2D eigenvalue weighted by molar-refractivity contribution is 5.81. The first-order valence-electron chi connectivity index (χ1n) is 8.70. The van der Waals surface area contributed by atoms with Crippen LogP contribution in [0.4, 0.5) is 0 Å². The van der Waals surface area contributed by atoms with Gasteiger partial charge in [0.15, 0.2) is 0 Å². The Hall–Kier alpha value is -1.10. The van der Waals surface area contributed by atoms with Crippen molar-refractivity contribution in [2.24, 2.45) is 5.92 Å². The van der Waals surface area contributed by atoms with Crippen molar-refractivity contribution >= 4 is 11.8 Å². The molecule has 1 heterocycles. The number of nitrogens with zero attached hydrogens (tertiary/aromatic N) is 1. The van der Waals surface area contributed by atoms with Gasteiger partial charge in [0.1, 0.15) is 0 Å². The molecule has 0 saturated carbocycles. The van der Waals surface area contributed by atoms with Crippen LogP contribution in [0, 0.1) is 5.92 Å². The van der Waals surface area contributed by atoms with Crippen LogP contribution >= 0.6 is 0 Å². The van der Waals surface area contributed by atoms with Crippen molar-refractivity contribution in [3.05, 3.63) is 0 Å². The molecule has 0 aliphatic carbocycles. The molecular weight excluding hydrogens is 278 g/mol. The summed E-state index contributed by atoms with van der Waals surface area (Å²) in [5.74, 6) is 0.641. The standard InChI is InChI=1S/C17H33N3O2/c1-6-8-12(3)18-17(22)13(4)19-16-9-10-20(14(5)21)11-15(16)7-2/h12-13,15-16,19H,6-11H2,1-5H3,(H,18,22)/t12-,13-,15+,16+/m0/s1. The Labute approximate surface area is 135 Å². The molecule has 0 aromatic heterocycles. The first-order chi connectivity index (χ1) is 10.4. The van der Waals surface area contributed by atoms with E-state index in [-0.39, 0.29) is 23.9 Å². The van der Waals surface area contributed by atoms with Crippen LogP contribution in [-0.4, -0.2) is 47.9 Å². The van der Waals surface area contributed by atoms with Crippen molar-refractivity contribution in [1.29, 1.82) is 0 Å². The number of hydrogen-bond acceptors (Lipinski definition) is 3.